The van der Waals surface area contributed by atoms with Gasteiger partial charge in [0.2, 0.25) is 11.8 Å². The first kappa shape index (κ1) is 20.4. The largest absolute Gasteiger partial charge is 0.478 e. The van der Waals surface area contributed by atoms with E-state index in [4.69, 9.17) is 4.74 Å². The number of hydrogen-bond acceptors (Lipinski definition) is 5. The summed E-state index contributed by atoms with van der Waals surface area (Å²) in [7, 11) is 0. The molecule has 0 fully saturated rings. The highest BCUT2D eigenvalue weighted by molar-refractivity contribution is 7.10. The molecule has 0 saturated carbocycles. The van der Waals surface area contributed by atoms with Gasteiger partial charge in [0.25, 0.3) is 5.91 Å². The molecule has 0 aliphatic heterocycles. The minimum absolute atomic E-state index is 0.0527. The minimum Gasteiger partial charge on any atom is -0.478 e. The third-order valence-electron chi connectivity index (χ3n) is 3.49. The zero-order valence-corrected chi connectivity index (χ0v) is 15.6. The van der Waals surface area contributed by atoms with Gasteiger partial charge in [-0.2, -0.15) is 0 Å². The van der Waals surface area contributed by atoms with Crippen molar-refractivity contribution in [2.24, 2.45) is 0 Å². The number of hydrazine groups is 1. The fraction of sp³-hybridized carbons (Fsp3) is 0.278. The van der Waals surface area contributed by atoms with E-state index >= 15 is 0 Å². The molecule has 27 heavy (non-hydrogen) atoms. The van der Waals surface area contributed by atoms with E-state index in [1.165, 1.54) is 43.4 Å². The smallest absolute Gasteiger partial charge is 0.279 e. The van der Waals surface area contributed by atoms with Gasteiger partial charge in [0.1, 0.15) is 0 Å². The Balaban J connectivity index is 1.85. The van der Waals surface area contributed by atoms with E-state index in [-0.39, 0.29) is 18.1 Å². The number of carbonyl (C=O) groups excluding carboxylic acids is 3. The molecule has 0 unspecified atom stereocenters. The molecular weight excluding hydrogens is 373 g/mol. The second-order valence-electron chi connectivity index (χ2n) is 5.70. The van der Waals surface area contributed by atoms with Crippen LogP contribution in [0.25, 0.3) is 0 Å². The Morgan fingerprint density at radius 1 is 1.15 bits per heavy atom. The molecule has 1 heterocycles. The molecule has 2 atom stereocenters. The second-order valence-corrected chi connectivity index (χ2v) is 6.68. The zero-order valence-electron chi connectivity index (χ0n) is 14.8. The number of ether oxygens (including phenoxy) is 1. The predicted molar refractivity (Wildman–Crippen MR) is 98.3 cm³/mol. The Morgan fingerprint density at radius 2 is 1.89 bits per heavy atom. The third-order valence-corrected chi connectivity index (χ3v) is 4.47. The quantitative estimate of drug-likeness (QED) is 0.628. The maximum Gasteiger partial charge on any atom is 0.279 e. The van der Waals surface area contributed by atoms with Crippen LogP contribution in [0.4, 0.5) is 4.39 Å². The first-order valence-corrected chi connectivity index (χ1v) is 9.05. The summed E-state index contributed by atoms with van der Waals surface area (Å²) in [5, 5.41) is 4.53. The molecule has 144 valence electrons. The van der Waals surface area contributed by atoms with Crippen LogP contribution >= 0.6 is 11.3 Å². The molecule has 3 N–H and O–H groups in total. The van der Waals surface area contributed by atoms with Gasteiger partial charge in [-0.15, -0.1) is 11.3 Å². The summed E-state index contributed by atoms with van der Waals surface area (Å²) < 4.78 is 18.8. The molecule has 1 aromatic heterocycles. The number of halogens is 1. The van der Waals surface area contributed by atoms with E-state index in [0.29, 0.717) is 0 Å². The van der Waals surface area contributed by atoms with Crippen LogP contribution in [0.2, 0.25) is 0 Å². The number of nitrogens with one attached hydrogen (secondary N) is 3. The van der Waals surface area contributed by atoms with Crippen LogP contribution in [0.15, 0.2) is 41.8 Å². The normalized spacial score (nSPS) is 12.6. The van der Waals surface area contributed by atoms with Gasteiger partial charge in [0.15, 0.2) is 17.7 Å². The van der Waals surface area contributed by atoms with Crippen LogP contribution in [-0.2, 0) is 14.4 Å². The zero-order chi connectivity index (χ0) is 19.8. The first-order chi connectivity index (χ1) is 12.9. The van der Waals surface area contributed by atoms with Gasteiger partial charge in [-0.3, -0.25) is 25.2 Å². The molecule has 2 rings (SSSR count). The molecule has 0 aliphatic rings. The number of carbonyl (C=O) groups is 3. The maximum atomic E-state index is 13.5. The van der Waals surface area contributed by atoms with Crippen molar-refractivity contribution in [3.05, 3.63) is 52.5 Å². The molecule has 7 nitrogen and oxygen atoms in total. The molecule has 1 aromatic carbocycles. The molecular formula is C18H20FN3O4S. The van der Waals surface area contributed by atoms with Crippen molar-refractivity contribution in [3.8, 4) is 5.75 Å². The Morgan fingerprint density at radius 3 is 2.52 bits per heavy atom. The van der Waals surface area contributed by atoms with E-state index in [1.54, 1.807) is 12.1 Å². The second kappa shape index (κ2) is 9.67. The Bertz CT molecular complexity index is 798. The summed E-state index contributed by atoms with van der Waals surface area (Å²) in [6, 6.07) is 8.83. The molecule has 3 amide bonds. The van der Waals surface area contributed by atoms with E-state index in [9.17, 15) is 18.8 Å². The fourth-order valence-corrected chi connectivity index (χ4v) is 2.99. The number of amides is 3. The van der Waals surface area contributed by atoms with Crippen molar-refractivity contribution in [2.75, 3.05) is 0 Å². The van der Waals surface area contributed by atoms with Crippen LogP contribution in [-0.4, -0.2) is 23.8 Å². The molecule has 0 spiro atoms. The predicted octanol–water partition coefficient (Wildman–Crippen LogP) is 2.07. The first-order valence-electron chi connectivity index (χ1n) is 8.17. The van der Waals surface area contributed by atoms with Gasteiger partial charge in [-0.1, -0.05) is 18.2 Å². The number of thiophene rings is 1. The van der Waals surface area contributed by atoms with Crippen LogP contribution in [0, 0.1) is 5.82 Å². The van der Waals surface area contributed by atoms with E-state index < -0.39 is 29.8 Å². The lowest BCUT2D eigenvalue weighted by Crippen LogP contribution is -2.48. The number of rotatable bonds is 7. The molecule has 0 saturated heterocycles. The number of para-hydroxylation sites is 1. The Kier molecular flexibility index (Phi) is 7.30. The Hall–Kier alpha value is -2.94. The van der Waals surface area contributed by atoms with Crippen LogP contribution < -0.4 is 20.9 Å². The average Bonchev–Trinajstić information content (AvgIpc) is 3.15. The monoisotopic (exact) mass is 393 g/mol. The average molecular weight is 393 g/mol. The maximum absolute atomic E-state index is 13.5. The van der Waals surface area contributed by atoms with Gasteiger partial charge in [0.05, 0.1) is 12.5 Å². The summed E-state index contributed by atoms with van der Waals surface area (Å²) in [6.07, 6.45) is -1.08. The van der Waals surface area contributed by atoms with Gasteiger partial charge in [0, 0.05) is 11.8 Å². The van der Waals surface area contributed by atoms with Gasteiger partial charge >= 0.3 is 0 Å². The highest BCUT2D eigenvalue weighted by Crippen LogP contribution is 2.22. The minimum atomic E-state index is -1.02. The molecule has 0 radical (unpaired) electrons. The summed E-state index contributed by atoms with van der Waals surface area (Å²) >= 11 is 1.41. The summed E-state index contributed by atoms with van der Waals surface area (Å²) in [5.74, 6) is -2.05. The van der Waals surface area contributed by atoms with E-state index in [0.717, 1.165) is 4.88 Å². The summed E-state index contributed by atoms with van der Waals surface area (Å²) in [5.41, 5.74) is 4.50. The molecule has 9 heteroatoms. The van der Waals surface area contributed by atoms with E-state index in [1.807, 2.05) is 11.4 Å². The van der Waals surface area contributed by atoms with E-state index in [2.05, 4.69) is 16.2 Å². The van der Waals surface area contributed by atoms with Crippen molar-refractivity contribution in [2.45, 2.75) is 32.4 Å². The fourth-order valence-electron chi connectivity index (χ4n) is 2.21. The topological polar surface area (TPSA) is 96.5 Å². The van der Waals surface area contributed by atoms with Crippen molar-refractivity contribution in [1.82, 2.24) is 16.2 Å². The highest BCUT2D eigenvalue weighted by atomic mass is 32.1. The van der Waals surface area contributed by atoms with Crippen molar-refractivity contribution in [1.29, 1.82) is 0 Å². The van der Waals surface area contributed by atoms with Crippen molar-refractivity contribution >= 4 is 29.1 Å². The summed E-state index contributed by atoms with van der Waals surface area (Å²) in [6.45, 7) is 2.79. The van der Waals surface area contributed by atoms with Crippen molar-refractivity contribution in [3.63, 3.8) is 0 Å². The van der Waals surface area contributed by atoms with Crippen molar-refractivity contribution < 1.29 is 23.5 Å². The molecule has 2 aromatic rings. The van der Waals surface area contributed by atoms with Crippen LogP contribution in [0.1, 0.15) is 31.2 Å². The lowest BCUT2D eigenvalue weighted by Gasteiger charge is -2.18. The third kappa shape index (κ3) is 6.37. The van der Waals surface area contributed by atoms with Gasteiger partial charge < -0.3 is 10.1 Å². The Labute approximate surface area is 159 Å². The lowest BCUT2D eigenvalue weighted by atomic mass is 10.1. The lowest BCUT2D eigenvalue weighted by molar-refractivity contribution is -0.133. The molecule has 0 aliphatic carbocycles. The van der Waals surface area contributed by atoms with Crippen LogP contribution in [0.3, 0.4) is 0 Å². The van der Waals surface area contributed by atoms with Gasteiger partial charge in [-0.05, 0) is 30.5 Å². The SMILES string of the molecule is CC(=O)N[C@@H](CC(=O)NNC(=O)[C@@H](C)Oc1ccccc1F)c1cccs1. The number of hydrogen-bond donors (Lipinski definition) is 3. The number of benzene rings is 1. The highest BCUT2D eigenvalue weighted by Gasteiger charge is 2.20. The summed E-state index contributed by atoms with van der Waals surface area (Å²) in [4.78, 5) is 36.3. The van der Waals surface area contributed by atoms with Gasteiger partial charge in [-0.25, -0.2) is 4.39 Å². The standard InChI is InChI=1S/C18H20FN3O4S/c1-11(26-15-7-4-3-6-13(15)19)18(25)22-21-17(24)10-14(20-12(2)23)16-8-5-9-27-16/h3-9,11,14H,10H2,1-2H3,(H,20,23)(H,21,24)(H,22,25)/t11-,14+/m1/s1. The van der Waals surface area contributed by atoms with Crippen LogP contribution in [0.5, 0.6) is 5.75 Å². The molecule has 0 bridgehead atoms.